The molecule has 3 heterocycles. The predicted molar refractivity (Wildman–Crippen MR) is 146 cm³/mol. The Morgan fingerprint density at radius 1 is 0.973 bits per heavy atom. The molecule has 0 radical (unpaired) electrons. The Morgan fingerprint density at radius 2 is 1.86 bits per heavy atom. The first-order valence-electron chi connectivity index (χ1n) is 12.5. The maximum absolute atomic E-state index is 13.4. The standard InChI is InChI=1S/C31H30N4O2/c1-23-11-12-29-27(19-23)28(20-30(34-29)25-9-5-14-32-21-25)31(36)33-15-17-35(22-26-10-6-18-37-26)16-13-24-7-3-2-4-8-24/h2-12,14,18-21H,13,15-17,22H2,1H3,(H,33,36). The largest absolute Gasteiger partial charge is 0.468 e. The smallest absolute Gasteiger partial charge is 0.252 e. The molecule has 37 heavy (non-hydrogen) atoms. The van der Waals surface area contributed by atoms with Crippen molar-refractivity contribution in [3.8, 4) is 11.3 Å². The predicted octanol–water partition coefficient (Wildman–Crippen LogP) is 5.67. The van der Waals surface area contributed by atoms with Gasteiger partial charge in [0.05, 0.1) is 29.6 Å². The van der Waals surface area contributed by atoms with E-state index in [2.05, 4.69) is 39.5 Å². The van der Waals surface area contributed by atoms with Gasteiger partial charge in [0.15, 0.2) is 0 Å². The maximum atomic E-state index is 13.4. The number of amides is 1. The summed E-state index contributed by atoms with van der Waals surface area (Å²) < 4.78 is 5.59. The van der Waals surface area contributed by atoms with Crippen LogP contribution in [0.2, 0.25) is 0 Å². The van der Waals surface area contributed by atoms with Crippen LogP contribution < -0.4 is 5.32 Å². The molecule has 5 aromatic rings. The van der Waals surface area contributed by atoms with Gasteiger partial charge in [-0.15, -0.1) is 0 Å². The van der Waals surface area contributed by atoms with E-state index in [0.717, 1.165) is 46.4 Å². The molecular weight excluding hydrogens is 460 g/mol. The van der Waals surface area contributed by atoms with Crippen LogP contribution in [0.3, 0.4) is 0 Å². The highest BCUT2D eigenvalue weighted by Gasteiger charge is 2.15. The molecule has 0 spiro atoms. The summed E-state index contributed by atoms with van der Waals surface area (Å²) in [6.45, 7) is 4.81. The minimum atomic E-state index is -0.107. The third kappa shape index (κ3) is 6.29. The molecule has 1 amide bonds. The zero-order chi connectivity index (χ0) is 25.5. The first-order valence-corrected chi connectivity index (χ1v) is 12.5. The van der Waals surface area contributed by atoms with Crippen LogP contribution in [-0.2, 0) is 13.0 Å². The normalized spacial score (nSPS) is 11.2. The number of carbonyl (C=O) groups excluding carboxylic acids is 1. The molecule has 0 bridgehead atoms. The lowest BCUT2D eigenvalue weighted by molar-refractivity contribution is 0.0949. The molecular formula is C31H30N4O2. The van der Waals surface area contributed by atoms with Gasteiger partial charge in [-0.2, -0.15) is 0 Å². The van der Waals surface area contributed by atoms with Crippen molar-refractivity contribution in [3.05, 3.63) is 120 Å². The molecule has 0 unspecified atom stereocenters. The van der Waals surface area contributed by atoms with Crippen LogP contribution in [0.25, 0.3) is 22.2 Å². The van der Waals surface area contributed by atoms with Gasteiger partial charge in [-0.25, -0.2) is 4.98 Å². The average molecular weight is 491 g/mol. The second kappa shape index (κ2) is 11.6. The number of nitrogens with one attached hydrogen (secondary N) is 1. The van der Waals surface area contributed by atoms with Gasteiger partial charge in [0, 0.05) is 43.0 Å². The Balaban J connectivity index is 1.31. The monoisotopic (exact) mass is 490 g/mol. The molecule has 0 fully saturated rings. The fraction of sp³-hybridized carbons (Fsp3) is 0.194. The topological polar surface area (TPSA) is 71.3 Å². The third-order valence-corrected chi connectivity index (χ3v) is 6.40. The van der Waals surface area contributed by atoms with E-state index in [1.165, 1.54) is 5.56 Å². The summed E-state index contributed by atoms with van der Waals surface area (Å²) in [4.78, 5) is 24.8. The van der Waals surface area contributed by atoms with Crippen LogP contribution in [0.5, 0.6) is 0 Å². The summed E-state index contributed by atoms with van der Waals surface area (Å²) in [5.74, 6) is 0.806. The van der Waals surface area contributed by atoms with Gasteiger partial charge in [0.25, 0.3) is 5.91 Å². The van der Waals surface area contributed by atoms with Gasteiger partial charge >= 0.3 is 0 Å². The number of aromatic nitrogens is 2. The number of carbonyl (C=O) groups is 1. The Morgan fingerprint density at radius 3 is 2.65 bits per heavy atom. The summed E-state index contributed by atoms with van der Waals surface area (Å²) in [5.41, 5.74) is 5.40. The minimum absolute atomic E-state index is 0.107. The number of pyridine rings is 2. The van der Waals surface area contributed by atoms with Crippen molar-refractivity contribution >= 4 is 16.8 Å². The molecule has 186 valence electrons. The van der Waals surface area contributed by atoms with Crippen LogP contribution in [0.1, 0.15) is 27.2 Å². The summed E-state index contributed by atoms with van der Waals surface area (Å²) in [6, 6.07) is 26.0. The van der Waals surface area contributed by atoms with Gasteiger partial charge in [-0.3, -0.25) is 14.7 Å². The summed E-state index contributed by atoms with van der Waals surface area (Å²) >= 11 is 0. The van der Waals surface area contributed by atoms with E-state index in [1.54, 1.807) is 18.7 Å². The Bertz CT molecular complexity index is 1450. The third-order valence-electron chi connectivity index (χ3n) is 6.40. The molecule has 5 rings (SSSR count). The van der Waals surface area contributed by atoms with E-state index in [0.29, 0.717) is 25.2 Å². The molecule has 0 aliphatic heterocycles. The Kier molecular flexibility index (Phi) is 7.67. The van der Waals surface area contributed by atoms with Gasteiger partial charge in [-0.05, 0) is 61.4 Å². The number of hydrogen-bond donors (Lipinski definition) is 1. The number of fused-ring (bicyclic) bond motifs is 1. The molecule has 0 aliphatic rings. The molecule has 3 aromatic heterocycles. The number of furan rings is 1. The lowest BCUT2D eigenvalue weighted by Gasteiger charge is -2.21. The lowest BCUT2D eigenvalue weighted by atomic mass is 10.0. The number of benzene rings is 2. The van der Waals surface area contributed by atoms with E-state index in [9.17, 15) is 4.79 Å². The summed E-state index contributed by atoms with van der Waals surface area (Å²) in [6.07, 6.45) is 6.12. The van der Waals surface area contributed by atoms with E-state index >= 15 is 0 Å². The highest BCUT2D eigenvalue weighted by atomic mass is 16.3. The first kappa shape index (κ1) is 24.4. The molecule has 1 N–H and O–H groups in total. The SMILES string of the molecule is Cc1ccc2nc(-c3cccnc3)cc(C(=O)NCCN(CCc3ccccc3)Cc3ccco3)c2c1. The molecule has 6 nitrogen and oxygen atoms in total. The Hall–Kier alpha value is -4.29. The molecule has 0 aliphatic carbocycles. The van der Waals surface area contributed by atoms with Crippen molar-refractivity contribution in [3.63, 3.8) is 0 Å². The van der Waals surface area contributed by atoms with Gasteiger partial charge in [0.1, 0.15) is 5.76 Å². The van der Waals surface area contributed by atoms with Crippen LogP contribution in [0.15, 0.2) is 102 Å². The lowest BCUT2D eigenvalue weighted by Crippen LogP contribution is -2.35. The van der Waals surface area contributed by atoms with Crippen LogP contribution in [-0.4, -0.2) is 40.4 Å². The van der Waals surface area contributed by atoms with Gasteiger partial charge in [0.2, 0.25) is 0 Å². The number of nitrogens with zero attached hydrogens (tertiary/aromatic N) is 3. The van der Waals surface area contributed by atoms with Crippen molar-refractivity contribution in [1.29, 1.82) is 0 Å². The van der Waals surface area contributed by atoms with Crippen molar-refractivity contribution in [2.75, 3.05) is 19.6 Å². The highest BCUT2D eigenvalue weighted by Crippen LogP contribution is 2.25. The Labute approximate surface area is 217 Å². The quantitative estimate of drug-likeness (QED) is 0.273. The molecule has 0 saturated carbocycles. The van der Waals surface area contributed by atoms with Crippen molar-refractivity contribution in [2.45, 2.75) is 19.9 Å². The van der Waals surface area contributed by atoms with E-state index < -0.39 is 0 Å². The second-order valence-corrected chi connectivity index (χ2v) is 9.16. The van der Waals surface area contributed by atoms with E-state index in [-0.39, 0.29) is 5.91 Å². The number of rotatable bonds is 10. The highest BCUT2D eigenvalue weighted by molar-refractivity contribution is 6.07. The molecule has 0 saturated heterocycles. The number of aryl methyl sites for hydroxylation is 1. The first-order chi connectivity index (χ1) is 18.2. The molecule has 6 heteroatoms. The molecule has 0 atom stereocenters. The fourth-order valence-electron chi connectivity index (χ4n) is 4.44. The van der Waals surface area contributed by atoms with Crippen molar-refractivity contribution < 1.29 is 9.21 Å². The zero-order valence-corrected chi connectivity index (χ0v) is 20.9. The molecule has 2 aromatic carbocycles. The summed E-state index contributed by atoms with van der Waals surface area (Å²) in [5, 5.41) is 3.99. The van der Waals surface area contributed by atoms with Crippen molar-refractivity contribution in [2.24, 2.45) is 0 Å². The van der Waals surface area contributed by atoms with Gasteiger partial charge in [-0.1, -0.05) is 42.0 Å². The second-order valence-electron chi connectivity index (χ2n) is 9.16. The van der Waals surface area contributed by atoms with Crippen LogP contribution in [0.4, 0.5) is 0 Å². The average Bonchev–Trinajstić information content (AvgIpc) is 3.45. The minimum Gasteiger partial charge on any atom is -0.468 e. The van der Waals surface area contributed by atoms with E-state index in [4.69, 9.17) is 9.40 Å². The fourth-order valence-corrected chi connectivity index (χ4v) is 4.44. The van der Waals surface area contributed by atoms with E-state index in [1.807, 2.05) is 61.5 Å². The van der Waals surface area contributed by atoms with Crippen molar-refractivity contribution in [1.82, 2.24) is 20.2 Å². The van der Waals surface area contributed by atoms with Gasteiger partial charge < -0.3 is 9.73 Å². The van der Waals surface area contributed by atoms with Crippen LogP contribution >= 0.6 is 0 Å². The zero-order valence-electron chi connectivity index (χ0n) is 20.9. The maximum Gasteiger partial charge on any atom is 0.252 e. The summed E-state index contributed by atoms with van der Waals surface area (Å²) in [7, 11) is 0. The number of hydrogen-bond acceptors (Lipinski definition) is 5. The van der Waals surface area contributed by atoms with Crippen LogP contribution in [0, 0.1) is 6.92 Å².